The molecule has 94 valence electrons. The fourth-order valence-electron chi connectivity index (χ4n) is 1.92. The zero-order valence-electron chi connectivity index (χ0n) is 9.90. The Morgan fingerprint density at radius 2 is 1.94 bits per heavy atom. The van der Waals surface area contributed by atoms with E-state index in [9.17, 15) is 0 Å². The van der Waals surface area contributed by atoms with E-state index in [1.165, 1.54) is 0 Å². The molecule has 0 unspecified atom stereocenters. The molecular formula is C12H13N3O2S. The summed E-state index contributed by atoms with van der Waals surface area (Å²) in [6.45, 7) is 1.17. The summed E-state index contributed by atoms with van der Waals surface area (Å²) in [6, 6.07) is 5.77. The zero-order valence-corrected chi connectivity index (χ0v) is 10.7. The Labute approximate surface area is 109 Å². The fourth-order valence-corrected chi connectivity index (χ4v) is 2.54. The number of nitrogens with zero attached hydrogens (tertiary/aromatic N) is 1. The molecule has 1 aromatic carbocycles. The molecule has 0 bridgehead atoms. The van der Waals surface area contributed by atoms with E-state index in [2.05, 4.69) is 10.2 Å². The minimum Gasteiger partial charge on any atom is -0.486 e. The summed E-state index contributed by atoms with van der Waals surface area (Å²) in [5.74, 6) is 2.04. The first-order valence-electron chi connectivity index (χ1n) is 5.57. The predicted molar refractivity (Wildman–Crippen MR) is 71.2 cm³/mol. The van der Waals surface area contributed by atoms with Crippen LogP contribution in [0.4, 0.5) is 5.82 Å². The third kappa shape index (κ3) is 1.88. The number of hydrogen-bond donors (Lipinski definition) is 2. The molecule has 2 aromatic rings. The van der Waals surface area contributed by atoms with Crippen molar-refractivity contribution >= 4 is 17.6 Å². The van der Waals surface area contributed by atoms with Crippen molar-refractivity contribution in [3.8, 4) is 22.8 Å². The Balaban J connectivity index is 2.12. The zero-order chi connectivity index (χ0) is 12.5. The average Bonchev–Trinajstić information content (AvgIpc) is 2.83. The molecule has 6 heteroatoms. The molecule has 2 heterocycles. The minimum atomic E-state index is 0.479. The maximum Gasteiger partial charge on any atom is 0.162 e. The van der Waals surface area contributed by atoms with Crippen molar-refractivity contribution in [1.29, 1.82) is 0 Å². The lowest BCUT2D eigenvalue weighted by Gasteiger charge is -2.20. The number of fused-ring (bicyclic) bond motifs is 1. The number of ether oxygens (including phenoxy) is 2. The first-order chi connectivity index (χ1) is 8.78. The molecule has 0 spiro atoms. The number of aromatic nitrogens is 2. The second kappa shape index (κ2) is 4.45. The largest absolute Gasteiger partial charge is 0.486 e. The van der Waals surface area contributed by atoms with Gasteiger partial charge in [0.25, 0.3) is 0 Å². The molecule has 18 heavy (non-hydrogen) atoms. The smallest absolute Gasteiger partial charge is 0.162 e. The van der Waals surface area contributed by atoms with Gasteiger partial charge in [-0.15, -0.1) is 11.8 Å². The summed E-state index contributed by atoms with van der Waals surface area (Å²) in [6.07, 6.45) is 2.02. The number of nitrogens with one attached hydrogen (secondary N) is 1. The molecule has 0 amide bonds. The lowest BCUT2D eigenvalue weighted by molar-refractivity contribution is 0.171. The van der Waals surface area contributed by atoms with Crippen LogP contribution in [0.2, 0.25) is 0 Å². The van der Waals surface area contributed by atoms with Crippen LogP contribution < -0.4 is 15.2 Å². The molecule has 0 atom stereocenters. The van der Waals surface area contributed by atoms with Gasteiger partial charge in [0.15, 0.2) is 11.5 Å². The second-order valence-corrected chi connectivity index (χ2v) is 4.75. The summed E-state index contributed by atoms with van der Waals surface area (Å²) >= 11 is 1.65. The normalized spacial score (nSPS) is 13.6. The highest BCUT2D eigenvalue weighted by molar-refractivity contribution is 7.98. The van der Waals surface area contributed by atoms with Crippen LogP contribution in [0.1, 0.15) is 0 Å². The van der Waals surface area contributed by atoms with Gasteiger partial charge in [-0.3, -0.25) is 5.10 Å². The van der Waals surface area contributed by atoms with Gasteiger partial charge in [-0.1, -0.05) is 0 Å². The highest BCUT2D eigenvalue weighted by Gasteiger charge is 2.17. The number of aromatic amines is 1. The van der Waals surface area contributed by atoms with E-state index in [0.717, 1.165) is 27.7 Å². The molecule has 1 aliphatic heterocycles. The lowest BCUT2D eigenvalue weighted by Crippen LogP contribution is -2.15. The number of nitrogens with two attached hydrogens (primary N) is 1. The van der Waals surface area contributed by atoms with E-state index < -0.39 is 0 Å². The van der Waals surface area contributed by atoms with Gasteiger partial charge in [-0.25, -0.2) is 0 Å². The Morgan fingerprint density at radius 1 is 1.22 bits per heavy atom. The Kier molecular flexibility index (Phi) is 2.79. The third-order valence-corrected chi connectivity index (χ3v) is 3.53. The van der Waals surface area contributed by atoms with E-state index in [1.807, 2.05) is 24.5 Å². The summed E-state index contributed by atoms with van der Waals surface area (Å²) in [5.41, 5.74) is 7.55. The second-order valence-electron chi connectivity index (χ2n) is 3.90. The molecule has 1 aliphatic rings. The Hall–Kier alpha value is -1.82. The van der Waals surface area contributed by atoms with Crippen LogP contribution in [-0.4, -0.2) is 29.7 Å². The molecule has 1 aromatic heterocycles. The van der Waals surface area contributed by atoms with Gasteiger partial charge in [0, 0.05) is 16.5 Å². The van der Waals surface area contributed by atoms with Gasteiger partial charge >= 0.3 is 0 Å². The number of rotatable bonds is 2. The number of anilines is 1. The van der Waals surface area contributed by atoms with Gasteiger partial charge in [-0.2, -0.15) is 5.10 Å². The first kappa shape index (κ1) is 11.3. The number of nitrogen functional groups attached to an aromatic ring is 1. The van der Waals surface area contributed by atoms with Crippen LogP contribution in [0.15, 0.2) is 23.1 Å². The molecule has 3 rings (SSSR count). The van der Waals surface area contributed by atoms with Crippen LogP contribution >= 0.6 is 11.8 Å². The number of thioether (sulfide) groups is 1. The molecule has 3 N–H and O–H groups in total. The first-order valence-corrected chi connectivity index (χ1v) is 6.79. The van der Waals surface area contributed by atoms with E-state index >= 15 is 0 Å². The van der Waals surface area contributed by atoms with Crippen molar-refractivity contribution in [2.45, 2.75) is 4.90 Å². The molecule has 0 saturated heterocycles. The van der Waals surface area contributed by atoms with Crippen molar-refractivity contribution in [3.63, 3.8) is 0 Å². The summed E-state index contributed by atoms with van der Waals surface area (Å²) in [5, 5.41) is 6.87. The summed E-state index contributed by atoms with van der Waals surface area (Å²) in [4.78, 5) is 1.10. The van der Waals surface area contributed by atoms with Crippen molar-refractivity contribution < 1.29 is 9.47 Å². The minimum absolute atomic E-state index is 0.479. The van der Waals surface area contributed by atoms with Crippen LogP contribution in [-0.2, 0) is 0 Å². The fraction of sp³-hybridized carbons (Fsp3) is 0.250. The lowest BCUT2D eigenvalue weighted by atomic mass is 10.1. The SMILES string of the molecule is CSc1cc2c(cc1-c1cc(N)n[nH]1)OCCO2. The van der Waals surface area contributed by atoms with Gasteiger partial charge in [0.2, 0.25) is 0 Å². The van der Waals surface area contributed by atoms with E-state index in [1.54, 1.807) is 11.8 Å². The molecule has 0 fully saturated rings. The van der Waals surface area contributed by atoms with E-state index in [-0.39, 0.29) is 0 Å². The van der Waals surface area contributed by atoms with Gasteiger partial charge < -0.3 is 15.2 Å². The van der Waals surface area contributed by atoms with E-state index in [0.29, 0.717) is 19.0 Å². The van der Waals surface area contributed by atoms with Crippen molar-refractivity contribution in [2.75, 3.05) is 25.2 Å². The number of benzene rings is 1. The van der Waals surface area contributed by atoms with Crippen molar-refractivity contribution in [2.24, 2.45) is 0 Å². The molecule has 0 aliphatic carbocycles. The number of hydrogen-bond acceptors (Lipinski definition) is 5. The van der Waals surface area contributed by atoms with Gasteiger partial charge in [0.1, 0.15) is 19.0 Å². The highest BCUT2D eigenvalue weighted by Crippen LogP contribution is 2.40. The molecule has 0 radical (unpaired) electrons. The topological polar surface area (TPSA) is 73.2 Å². The Morgan fingerprint density at radius 3 is 2.56 bits per heavy atom. The Bertz CT molecular complexity index is 583. The summed E-state index contributed by atoms with van der Waals surface area (Å²) < 4.78 is 11.2. The maximum atomic E-state index is 5.64. The summed E-state index contributed by atoms with van der Waals surface area (Å²) in [7, 11) is 0. The van der Waals surface area contributed by atoms with Crippen molar-refractivity contribution in [3.05, 3.63) is 18.2 Å². The molecule has 0 saturated carbocycles. The van der Waals surface area contributed by atoms with Crippen molar-refractivity contribution in [1.82, 2.24) is 10.2 Å². The van der Waals surface area contributed by atoms with Crippen LogP contribution in [0.3, 0.4) is 0 Å². The number of H-pyrrole nitrogens is 1. The van der Waals surface area contributed by atoms with Crippen LogP contribution in [0.25, 0.3) is 11.3 Å². The highest BCUT2D eigenvalue weighted by atomic mass is 32.2. The molecule has 5 nitrogen and oxygen atoms in total. The molecular weight excluding hydrogens is 250 g/mol. The third-order valence-electron chi connectivity index (χ3n) is 2.75. The van der Waals surface area contributed by atoms with Crippen LogP contribution in [0.5, 0.6) is 11.5 Å². The maximum absolute atomic E-state index is 5.64. The van der Waals surface area contributed by atoms with Gasteiger partial charge in [0.05, 0.1) is 5.69 Å². The standard InChI is InChI=1S/C12H13N3O2S/c1-18-11-6-10-9(16-2-3-17-10)4-7(11)8-5-12(13)15-14-8/h4-6H,2-3H2,1H3,(H3,13,14,15). The average molecular weight is 263 g/mol. The van der Waals surface area contributed by atoms with E-state index in [4.69, 9.17) is 15.2 Å². The quantitative estimate of drug-likeness (QED) is 0.812. The predicted octanol–water partition coefficient (Wildman–Crippen LogP) is 2.15. The van der Waals surface area contributed by atoms with Gasteiger partial charge in [-0.05, 0) is 18.4 Å². The van der Waals surface area contributed by atoms with Crippen LogP contribution in [0, 0.1) is 0 Å². The monoisotopic (exact) mass is 263 g/mol.